The van der Waals surface area contributed by atoms with Gasteiger partial charge in [-0.1, -0.05) is 44.2 Å². The lowest BCUT2D eigenvalue weighted by molar-refractivity contribution is 0.833. The van der Waals surface area contributed by atoms with Gasteiger partial charge < -0.3 is 5.73 Å². The van der Waals surface area contributed by atoms with Crippen molar-refractivity contribution in [3.63, 3.8) is 0 Å². The van der Waals surface area contributed by atoms with E-state index in [2.05, 4.69) is 19.9 Å². The van der Waals surface area contributed by atoms with Crippen LogP contribution in [0.15, 0.2) is 45.5 Å². The standard InChI is InChI=1S/C17H17N5OS/c1-10(2)13-14(21-17(19-9-18)22-15(13)23)12-8-24-16(20-12)11-6-4-3-5-7-11/h3-10H,1-2H3,(H3,18,19,21,22,23). The lowest BCUT2D eigenvalue weighted by atomic mass is 10.0. The highest BCUT2D eigenvalue weighted by Crippen LogP contribution is 2.31. The summed E-state index contributed by atoms with van der Waals surface area (Å²) >= 11 is 1.52. The van der Waals surface area contributed by atoms with E-state index in [-0.39, 0.29) is 17.4 Å². The predicted molar refractivity (Wildman–Crippen MR) is 97.8 cm³/mol. The molecule has 0 fully saturated rings. The number of benzene rings is 1. The first-order valence-corrected chi connectivity index (χ1v) is 8.38. The molecule has 0 saturated carbocycles. The van der Waals surface area contributed by atoms with Gasteiger partial charge in [-0.2, -0.15) is 0 Å². The van der Waals surface area contributed by atoms with Crippen LogP contribution in [0.2, 0.25) is 0 Å². The van der Waals surface area contributed by atoms with Crippen LogP contribution in [0.25, 0.3) is 22.0 Å². The molecule has 0 aliphatic heterocycles. The zero-order valence-electron chi connectivity index (χ0n) is 13.4. The van der Waals surface area contributed by atoms with Crippen molar-refractivity contribution in [2.24, 2.45) is 10.7 Å². The minimum Gasteiger partial charge on any atom is -0.390 e. The quantitative estimate of drug-likeness (QED) is 0.563. The number of thiazole rings is 1. The Morgan fingerprint density at radius 3 is 2.67 bits per heavy atom. The van der Waals surface area contributed by atoms with Gasteiger partial charge in [-0.15, -0.1) is 11.3 Å². The molecule has 3 rings (SSSR count). The van der Waals surface area contributed by atoms with E-state index in [4.69, 9.17) is 5.73 Å². The molecule has 6 nitrogen and oxygen atoms in total. The van der Waals surface area contributed by atoms with E-state index in [0.717, 1.165) is 16.9 Å². The topological polar surface area (TPSA) is 97.0 Å². The van der Waals surface area contributed by atoms with Crippen LogP contribution in [-0.2, 0) is 0 Å². The summed E-state index contributed by atoms with van der Waals surface area (Å²) in [6.45, 7) is 3.90. The molecule has 0 spiro atoms. The minimum absolute atomic E-state index is 0.00836. The Labute approximate surface area is 143 Å². The Kier molecular flexibility index (Phi) is 4.52. The molecule has 3 aromatic rings. The summed E-state index contributed by atoms with van der Waals surface area (Å²) < 4.78 is 0. The summed E-state index contributed by atoms with van der Waals surface area (Å²) in [7, 11) is 0. The molecule has 7 heteroatoms. The van der Waals surface area contributed by atoms with Gasteiger partial charge in [-0.3, -0.25) is 9.78 Å². The number of aromatic nitrogens is 3. The van der Waals surface area contributed by atoms with Crippen LogP contribution in [0.4, 0.5) is 5.95 Å². The van der Waals surface area contributed by atoms with Gasteiger partial charge in [-0.25, -0.2) is 15.0 Å². The number of H-pyrrole nitrogens is 1. The third-order valence-corrected chi connectivity index (χ3v) is 4.38. The molecule has 122 valence electrons. The van der Waals surface area contributed by atoms with Crippen LogP contribution in [-0.4, -0.2) is 21.3 Å². The fourth-order valence-corrected chi connectivity index (χ4v) is 3.24. The molecule has 0 unspecified atom stereocenters. The third kappa shape index (κ3) is 3.11. The van der Waals surface area contributed by atoms with E-state index < -0.39 is 0 Å². The molecule has 0 saturated heterocycles. The van der Waals surface area contributed by atoms with E-state index in [1.54, 1.807) is 0 Å². The van der Waals surface area contributed by atoms with Crippen molar-refractivity contribution >= 4 is 23.6 Å². The van der Waals surface area contributed by atoms with Crippen molar-refractivity contribution in [1.82, 2.24) is 15.0 Å². The molecule has 0 amide bonds. The second kappa shape index (κ2) is 6.76. The maximum Gasteiger partial charge on any atom is 0.256 e. The van der Waals surface area contributed by atoms with E-state index >= 15 is 0 Å². The highest BCUT2D eigenvalue weighted by molar-refractivity contribution is 7.13. The molecule has 24 heavy (non-hydrogen) atoms. The summed E-state index contributed by atoms with van der Waals surface area (Å²) in [6, 6.07) is 9.90. The molecule has 0 aliphatic carbocycles. The smallest absolute Gasteiger partial charge is 0.256 e. The van der Waals surface area contributed by atoms with Gasteiger partial charge in [0.2, 0.25) is 5.95 Å². The summed E-state index contributed by atoms with van der Waals surface area (Å²) in [4.78, 5) is 28.0. The fraction of sp³-hybridized carbons (Fsp3) is 0.176. The Morgan fingerprint density at radius 1 is 1.25 bits per heavy atom. The molecule has 0 radical (unpaired) electrons. The minimum atomic E-state index is -0.218. The first-order valence-electron chi connectivity index (χ1n) is 7.50. The van der Waals surface area contributed by atoms with Gasteiger partial charge >= 0.3 is 0 Å². The molecule has 0 aliphatic rings. The number of aromatic amines is 1. The average Bonchev–Trinajstić information content (AvgIpc) is 3.05. The number of hydrogen-bond acceptors (Lipinski definition) is 5. The molecule has 2 aromatic heterocycles. The van der Waals surface area contributed by atoms with Crippen molar-refractivity contribution < 1.29 is 0 Å². The summed E-state index contributed by atoms with van der Waals surface area (Å²) in [5, 5.41) is 2.79. The van der Waals surface area contributed by atoms with Crippen LogP contribution in [0.1, 0.15) is 25.3 Å². The van der Waals surface area contributed by atoms with E-state index in [1.165, 1.54) is 11.3 Å². The summed E-state index contributed by atoms with van der Waals surface area (Å²) in [5.74, 6) is 0.185. The van der Waals surface area contributed by atoms with Gasteiger partial charge in [-0.05, 0) is 5.92 Å². The predicted octanol–water partition coefficient (Wildman–Crippen LogP) is 3.30. The van der Waals surface area contributed by atoms with Crippen molar-refractivity contribution in [1.29, 1.82) is 0 Å². The number of hydrogen-bond donors (Lipinski definition) is 2. The maximum atomic E-state index is 12.4. The number of nitrogens with zero attached hydrogens (tertiary/aromatic N) is 3. The lowest BCUT2D eigenvalue weighted by Crippen LogP contribution is -2.17. The lowest BCUT2D eigenvalue weighted by Gasteiger charge is -2.09. The average molecular weight is 339 g/mol. The van der Waals surface area contributed by atoms with Gasteiger partial charge in [0.05, 0.1) is 6.34 Å². The van der Waals surface area contributed by atoms with E-state index in [0.29, 0.717) is 17.0 Å². The van der Waals surface area contributed by atoms with Crippen LogP contribution in [0.5, 0.6) is 0 Å². The SMILES string of the molecule is CC(C)c1c(-c2csc(-c3ccccc3)n2)nc(N=CN)[nH]c1=O. The first-order chi connectivity index (χ1) is 11.6. The van der Waals surface area contributed by atoms with E-state index in [9.17, 15) is 4.79 Å². The van der Waals surface area contributed by atoms with Crippen molar-refractivity contribution in [3.05, 3.63) is 51.6 Å². The van der Waals surface area contributed by atoms with Crippen molar-refractivity contribution in [2.75, 3.05) is 0 Å². The molecule has 3 N–H and O–H groups in total. The highest BCUT2D eigenvalue weighted by atomic mass is 32.1. The van der Waals surface area contributed by atoms with Crippen LogP contribution in [0, 0.1) is 0 Å². The number of rotatable bonds is 4. The second-order valence-electron chi connectivity index (χ2n) is 5.49. The van der Waals surface area contributed by atoms with Gasteiger partial charge in [0.1, 0.15) is 16.4 Å². The molecule has 2 heterocycles. The van der Waals surface area contributed by atoms with Gasteiger partial charge in [0.15, 0.2) is 0 Å². The molecule has 0 atom stereocenters. The Balaban J connectivity index is 2.15. The first kappa shape index (κ1) is 16.1. The monoisotopic (exact) mass is 339 g/mol. The van der Waals surface area contributed by atoms with E-state index in [1.807, 2.05) is 49.6 Å². The zero-order valence-corrected chi connectivity index (χ0v) is 14.2. The normalized spacial score (nSPS) is 11.5. The number of nitrogens with one attached hydrogen (secondary N) is 1. The summed E-state index contributed by atoms with van der Waals surface area (Å²) in [6.07, 6.45) is 1.10. The third-order valence-electron chi connectivity index (χ3n) is 3.48. The number of aliphatic imine (C=N–C) groups is 1. The van der Waals surface area contributed by atoms with Crippen molar-refractivity contribution in [3.8, 4) is 22.0 Å². The molecular formula is C17H17N5OS. The van der Waals surface area contributed by atoms with Gasteiger partial charge in [0.25, 0.3) is 5.56 Å². The summed E-state index contributed by atoms with van der Waals surface area (Å²) in [5.41, 5.74) is 7.94. The maximum absolute atomic E-state index is 12.4. The molecule has 1 aromatic carbocycles. The molecular weight excluding hydrogens is 322 g/mol. The molecule has 0 bridgehead atoms. The van der Waals surface area contributed by atoms with Crippen LogP contribution >= 0.6 is 11.3 Å². The Bertz CT molecular complexity index is 928. The largest absolute Gasteiger partial charge is 0.390 e. The fourth-order valence-electron chi connectivity index (χ4n) is 2.43. The zero-order chi connectivity index (χ0) is 17.1. The number of nitrogens with two attached hydrogens (primary N) is 1. The highest BCUT2D eigenvalue weighted by Gasteiger charge is 2.18. The van der Waals surface area contributed by atoms with Gasteiger partial charge in [0, 0.05) is 16.5 Å². The Morgan fingerprint density at radius 2 is 2.00 bits per heavy atom. The second-order valence-corrected chi connectivity index (χ2v) is 6.35. The van der Waals surface area contributed by atoms with Crippen LogP contribution < -0.4 is 11.3 Å². The van der Waals surface area contributed by atoms with Crippen molar-refractivity contribution in [2.45, 2.75) is 19.8 Å². The van der Waals surface area contributed by atoms with Crippen LogP contribution in [0.3, 0.4) is 0 Å². The Hall–Kier alpha value is -2.80.